The van der Waals surface area contributed by atoms with Gasteiger partial charge in [0.05, 0.1) is 16.6 Å². The number of nitrogens with zero attached hydrogens (tertiary/aromatic N) is 1. The van der Waals surface area contributed by atoms with E-state index in [1.807, 2.05) is 19.1 Å². The van der Waals surface area contributed by atoms with E-state index in [1.165, 1.54) is 0 Å². The zero-order valence-corrected chi connectivity index (χ0v) is 16.2. The van der Waals surface area contributed by atoms with Gasteiger partial charge in [-0.15, -0.1) is 0 Å². The van der Waals surface area contributed by atoms with E-state index < -0.39 is 0 Å². The largest absolute Gasteiger partial charge is 0.312 e. The van der Waals surface area contributed by atoms with E-state index in [-0.39, 0.29) is 34.2 Å². The molecule has 0 saturated heterocycles. The van der Waals surface area contributed by atoms with E-state index in [2.05, 4.69) is 0 Å². The van der Waals surface area contributed by atoms with Gasteiger partial charge in [-0.2, -0.15) is 0 Å². The maximum absolute atomic E-state index is 13.5. The summed E-state index contributed by atoms with van der Waals surface area (Å²) in [5.74, 6) is -0.885. The predicted octanol–water partition coefficient (Wildman–Crippen LogP) is 4.91. The van der Waals surface area contributed by atoms with Crippen LogP contribution in [0.5, 0.6) is 0 Å². The van der Waals surface area contributed by atoms with Gasteiger partial charge in [-0.25, -0.2) is 0 Å². The predicted molar refractivity (Wildman–Crippen MR) is 110 cm³/mol. The molecule has 0 unspecified atom stereocenters. The molecule has 5 rings (SSSR count). The van der Waals surface area contributed by atoms with Gasteiger partial charge in [0, 0.05) is 27.9 Å². The van der Waals surface area contributed by atoms with Crippen LogP contribution in [-0.2, 0) is 0 Å². The Bertz CT molecular complexity index is 1360. The van der Waals surface area contributed by atoms with Crippen LogP contribution in [0, 0.1) is 6.92 Å². The summed E-state index contributed by atoms with van der Waals surface area (Å²) in [6, 6.07) is 16.9. The van der Waals surface area contributed by atoms with Crippen molar-refractivity contribution >= 4 is 34.5 Å². The summed E-state index contributed by atoms with van der Waals surface area (Å²) in [7, 11) is 0. The van der Waals surface area contributed by atoms with Crippen LogP contribution in [0.25, 0.3) is 5.52 Å². The summed E-state index contributed by atoms with van der Waals surface area (Å²) in [5, 5.41) is 0.515. The fraction of sp³-hybridized carbons (Fsp3) is 0.0417. The molecule has 0 saturated carbocycles. The Balaban J connectivity index is 1.87. The molecule has 0 radical (unpaired) electrons. The number of halogens is 1. The minimum absolute atomic E-state index is 0.166. The lowest BCUT2D eigenvalue weighted by Gasteiger charge is -2.15. The van der Waals surface area contributed by atoms with Crippen molar-refractivity contribution in [3.8, 4) is 0 Å². The van der Waals surface area contributed by atoms with Crippen molar-refractivity contribution in [1.82, 2.24) is 4.40 Å². The van der Waals surface area contributed by atoms with Crippen molar-refractivity contribution in [2.75, 3.05) is 0 Å². The molecule has 2 aromatic heterocycles. The van der Waals surface area contributed by atoms with Crippen LogP contribution < -0.4 is 0 Å². The van der Waals surface area contributed by atoms with Crippen LogP contribution in [-0.4, -0.2) is 21.8 Å². The highest BCUT2D eigenvalue weighted by atomic mass is 35.5. The molecule has 29 heavy (non-hydrogen) atoms. The van der Waals surface area contributed by atoms with Crippen LogP contribution in [0.15, 0.2) is 66.9 Å². The van der Waals surface area contributed by atoms with Crippen molar-refractivity contribution < 1.29 is 14.4 Å². The molecule has 0 fully saturated rings. The van der Waals surface area contributed by atoms with Gasteiger partial charge < -0.3 is 4.40 Å². The molecule has 0 spiro atoms. The molecule has 5 heteroatoms. The van der Waals surface area contributed by atoms with Gasteiger partial charge in [-0.1, -0.05) is 35.9 Å². The SMILES string of the molecule is Cc1ccn2c3c(c(C(=O)c4ccc(Cl)cc4)c2c1)C(=O)c1ccccc1C3=O. The Morgan fingerprint density at radius 1 is 0.897 bits per heavy atom. The van der Waals surface area contributed by atoms with Crippen molar-refractivity contribution in [2.24, 2.45) is 0 Å². The van der Waals surface area contributed by atoms with Crippen LogP contribution in [0.2, 0.25) is 5.02 Å². The zero-order chi connectivity index (χ0) is 20.3. The lowest BCUT2D eigenvalue weighted by molar-refractivity contribution is 0.0970. The number of benzene rings is 2. The molecule has 0 N–H and O–H groups in total. The molecule has 2 heterocycles. The zero-order valence-electron chi connectivity index (χ0n) is 15.4. The number of aromatic nitrogens is 1. The van der Waals surface area contributed by atoms with Gasteiger partial charge in [0.25, 0.3) is 0 Å². The molecular weight excluding hydrogens is 386 g/mol. The van der Waals surface area contributed by atoms with Crippen molar-refractivity contribution in [1.29, 1.82) is 0 Å². The highest BCUT2D eigenvalue weighted by molar-refractivity contribution is 6.34. The van der Waals surface area contributed by atoms with Gasteiger partial charge in [0.1, 0.15) is 5.69 Å². The fourth-order valence-electron chi connectivity index (χ4n) is 3.92. The second kappa shape index (κ2) is 6.26. The smallest absolute Gasteiger partial charge is 0.211 e. The van der Waals surface area contributed by atoms with Crippen LogP contribution in [0.3, 0.4) is 0 Å². The van der Waals surface area contributed by atoms with Gasteiger partial charge >= 0.3 is 0 Å². The highest BCUT2D eigenvalue weighted by Crippen LogP contribution is 2.35. The third kappa shape index (κ3) is 2.50. The Morgan fingerprint density at radius 3 is 2.24 bits per heavy atom. The Kier molecular flexibility index (Phi) is 3.80. The first-order valence-electron chi connectivity index (χ1n) is 9.10. The van der Waals surface area contributed by atoms with E-state index in [0.29, 0.717) is 27.2 Å². The molecule has 2 aromatic carbocycles. The van der Waals surface area contributed by atoms with E-state index in [9.17, 15) is 14.4 Å². The van der Waals surface area contributed by atoms with E-state index in [0.717, 1.165) is 5.56 Å². The van der Waals surface area contributed by atoms with E-state index >= 15 is 0 Å². The van der Waals surface area contributed by atoms with Crippen LogP contribution in [0.1, 0.15) is 53.5 Å². The van der Waals surface area contributed by atoms with Crippen LogP contribution >= 0.6 is 11.6 Å². The Hall–Kier alpha value is -3.50. The third-order valence-corrected chi connectivity index (χ3v) is 5.54. The summed E-state index contributed by atoms with van der Waals surface area (Å²) in [4.78, 5) is 40.1. The van der Waals surface area contributed by atoms with E-state index in [1.54, 1.807) is 59.1 Å². The maximum atomic E-state index is 13.5. The summed E-state index contributed by atoms with van der Waals surface area (Å²) in [5.41, 5.74) is 3.21. The van der Waals surface area contributed by atoms with Crippen LogP contribution in [0.4, 0.5) is 0 Å². The highest BCUT2D eigenvalue weighted by Gasteiger charge is 2.37. The standard InChI is InChI=1S/C24H14ClNO3/c1-13-10-11-26-18(12-13)19(22(27)14-6-8-15(25)9-7-14)20-21(26)24(29)17-5-3-2-4-16(17)23(20)28/h2-12H,1H3. The summed E-state index contributed by atoms with van der Waals surface area (Å²) in [6.45, 7) is 1.90. The molecule has 4 aromatic rings. The first kappa shape index (κ1) is 17.6. The number of hydrogen-bond donors (Lipinski definition) is 0. The topological polar surface area (TPSA) is 55.6 Å². The first-order chi connectivity index (χ1) is 14.0. The van der Waals surface area contributed by atoms with Gasteiger partial charge in [0.15, 0.2) is 11.6 Å². The molecule has 0 aliphatic heterocycles. The molecule has 0 amide bonds. The molecular formula is C24H14ClNO3. The number of hydrogen-bond acceptors (Lipinski definition) is 3. The molecule has 4 nitrogen and oxygen atoms in total. The van der Waals surface area contributed by atoms with Crippen molar-refractivity contribution in [3.05, 3.63) is 111 Å². The second-order valence-corrected chi connectivity index (χ2v) is 7.53. The number of pyridine rings is 1. The molecule has 140 valence electrons. The van der Waals surface area contributed by atoms with Crippen molar-refractivity contribution in [2.45, 2.75) is 6.92 Å². The minimum atomic E-state index is -0.313. The van der Waals surface area contributed by atoms with Gasteiger partial charge in [-0.05, 0) is 48.9 Å². The van der Waals surface area contributed by atoms with E-state index in [4.69, 9.17) is 11.6 Å². The number of aryl methyl sites for hydroxylation is 1. The summed E-state index contributed by atoms with van der Waals surface area (Å²) >= 11 is 5.96. The average Bonchev–Trinajstić information content (AvgIpc) is 3.06. The molecule has 1 aliphatic carbocycles. The monoisotopic (exact) mass is 399 g/mol. The van der Waals surface area contributed by atoms with Gasteiger partial charge in [-0.3, -0.25) is 14.4 Å². The summed E-state index contributed by atoms with van der Waals surface area (Å²) < 4.78 is 1.65. The normalized spacial score (nSPS) is 12.8. The molecule has 0 atom stereocenters. The quantitative estimate of drug-likeness (QED) is 0.396. The molecule has 1 aliphatic rings. The summed E-state index contributed by atoms with van der Waals surface area (Å²) in [6.07, 6.45) is 1.74. The number of ketones is 3. The number of carbonyl (C=O) groups is 3. The van der Waals surface area contributed by atoms with Crippen molar-refractivity contribution in [3.63, 3.8) is 0 Å². The number of carbonyl (C=O) groups excluding carboxylic acids is 3. The average molecular weight is 400 g/mol. The Morgan fingerprint density at radius 2 is 1.55 bits per heavy atom. The first-order valence-corrected chi connectivity index (χ1v) is 9.48. The fourth-order valence-corrected chi connectivity index (χ4v) is 4.05. The number of fused-ring (bicyclic) bond motifs is 4. The molecule has 0 bridgehead atoms. The number of rotatable bonds is 2. The second-order valence-electron chi connectivity index (χ2n) is 7.10. The Labute approximate surface area is 171 Å². The third-order valence-electron chi connectivity index (χ3n) is 5.29. The maximum Gasteiger partial charge on any atom is 0.211 e. The van der Waals surface area contributed by atoms with Gasteiger partial charge in [0.2, 0.25) is 5.78 Å². The lowest BCUT2D eigenvalue weighted by atomic mass is 9.85. The lowest BCUT2D eigenvalue weighted by Crippen LogP contribution is -2.22. The minimum Gasteiger partial charge on any atom is -0.312 e.